The van der Waals surface area contributed by atoms with Crippen LogP contribution in [0.15, 0.2) is 12.1 Å². The van der Waals surface area contributed by atoms with Crippen molar-refractivity contribution in [3.05, 3.63) is 21.3 Å². The van der Waals surface area contributed by atoms with Gasteiger partial charge in [0.1, 0.15) is 0 Å². The summed E-state index contributed by atoms with van der Waals surface area (Å²) in [4.78, 5) is 15.2. The maximum atomic E-state index is 12.5. The van der Waals surface area contributed by atoms with Crippen molar-refractivity contribution in [1.82, 2.24) is 10.2 Å². The Kier molecular flexibility index (Phi) is 5.25. The van der Waals surface area contributed by atoms with Gasteiger partial charge in [0.2, 0.25) is 0 Å². The van der Waals surface area contributed by atoms with Crippen LogP contribution in [0.2, 0.25) is 4.34 Å². The molecule has 0 spiro atoms. The van der Waals surface area contributed by atoms with Gasteiger partial charge in [0.05, 0.1) is 9.21 Å². The second kappa shape index (κ2) is 6.73. The molecule has 106 valence electrons. The fourth-order valence-corrected chi connectivity index (χ4v) is 3.46. The summed E-state index contributed by atoms with van der Waals surface area (Å²) in [6.45, 7) is 6.95. The Hall–Kier alpha value is -0.580. The summed E-state index contributed by atoms with van der Waals surface area (Å²) < 4.78 is 0.673. The molecule has 1 amide bonds. The van der Waals surface area contributed by atoms with Crippen LogP contribution in [0.4, 0.5) is 0 Å². The van der Waals surface area contributed by atoms with E-state index >= 15 is 0 Å². The van der Waals surface area contributed by atoms with Crippen LogP contribution in [0, 0.1) is 5.92 Å². The highest BCUT2D eigenvalue weighted by molar-refractivity contribution is 7.17. The molecular weight excluding hydrogens is 280 g/mol. The third-order valence-electron chi connectivity index (χ3n) is 3.26. The molecule has 1 saturated heterocycles. The Morgan fingerprint density at radius 1 is 1.58 bits per heavy atom. The lowest BCUT2D eigenvalue weighted by Gasteiger charge is -2.27. The topological polar surface area (TPSA) is 32.3 Å². The maximum Gasteiger partial charge on any atom is 0.264 e. The van der Waals surface area contributed by atoms with Gasteiger partial charge in [-0.3, -0.25) is 4.79 Å². The molecule has 0 saturated carbocycles. The van der Waals surface area contributed by atoms with E-state index in [1.165, 1.54) is 17.8 Å². The highest BCUT2D eigenvalue weighted by Gasteiger charge is 2.23. The largest absolute Gasteiger partial charge is 0.336 e. The molecule has 1 aliphatic heterocycles. The Bertz CT molecular complexity index is 427. The first-order valence-electron chi connectivity index (χ1n) is 6.84. The number of hydrogen-bond donors (Lipinski definition) is 1. The van der Waals surface area contributed by atoms with Crippen molar-refractivity contribution in [2.45, 2.75) is 32.7 Å². The molecule has 3 nitrogen and oxygen atoms in total. The minimum atomic E-state index is 0.110. The van der Waals surface area contributed by atoms with Crippen molar-refractivity contribution in [2.24, 2.45) is 5.92 Å². The highest BCUT2D eigenvalue weighted by atomic mass is 35.5. The molecule has 1 N–H and O–H groups in total. The molecule has 1 fully saturated rings. The van der Waals surface area contributed by atoms with Crippen LogP contribution in [0.1, 0.15) is 36.4 Å². The zero-order valence-electron chi connectivity index (χ0n) is 11.5. The number of carbonyl (C=O) groups is 1. The molecule has 2 rings (SSSR count). The Balaban J connectivity index is 2.05. The van der Waals surface area contributed by atoms with E-state index in [4.69, 9.17) is 11.6 Å². The van der Waals surface area contributed by atoms with Crippen LogP contribution in [-0.4, -0.2) is 36.5 Å². The molecule has 19 heavy (non-hydrogen) atoms. The molecule has 0 radical (unpaired) electrons. The van der Waals surface area contributed by atoms with Crippen molar-refractivity contribution < 1.29 is 4.79 Å². The van der Waals surface area contributed by atoms with Gasteiger partial charge in [-0.15, -0.1) is 11.3 Å². The van der Waals surface area contributed by atoms with Crippen molar-refractivity contribution in [1.29, 1.82) is 0 Å². The molecule has 0 aromatic carbocycles. The summed E-state index contributed by atoms with van der Waals surface area (Å²) in [6.07, 6.45) is 2.37. The molecule has 1 aromatic heterocycles. The predicted octanol–water partition coefficient (Wildman–Crippen LogP) is 3.25. The molecule has 0 aliphatic carbocycles. The van der Waals surface area contributed by atoms with E-state index in [1.54, 1.807) is 6.07 Å². The number of rotatable bonds is 5. The summed E-state index contributed by atoms with van der Waals surface area (Å²) in [5, 5.41) is 3.46. The Morgan fingerprint density at radius 2 is 2.37 bits per heavy atom. The number of amides is 1. The van der Waals surface area contributed by atoms with Crippen LogP contribution in [0.3, 0.4) is 0 Å². The van der Waals surface area contributed by atoms with Gasteiger partial charge < -0.3 is 10.2 Å². The van der Waals surface area contributed by atoms with Gasteiger partial charge >= 0.3 is 0 Å². The summed E-state index contributed by atoms with van der Waals surface area (Å²) in [7, 11) is 0. The fraction of sp³-hybridized carbons (Fsp3) is 0.643. The van der Waals surface area contributed by atoms with Gasteiger partial charge in [0, 0.05) is 19.1 Å². The maximum absolute atomic E-state index is 12.5. The van der Waals surface area contributed by atoms with Crippen molar-refractivity contribution in [2.75, 3.05) is 19.6 Å². The molecule has 2 heterocycles. The predicted molar refractivity (Wildman–Crippen MR) is 81.1 cm³/mol. The van der Waals surface area contributed by atoms with Crippen LogP contribution in [0.25, 0.3) is 0 Å². The van der Waals surface area contributed by atoms with E-state index in [-0.39, 0.29) is 5.91 Å². The summed E-state index contributed by atoms with van der Waals surface area (Å²) >= 11 is 7.28. The molecule has 1 unspecified atom stereocenters. The monoisotopic (exact) mass is 300 g/mol. The van der Waals surface area contributed by atoms with Crippen molar-refractivity contribution in [3.63, 3.8) is 0 Å². The number of nitrogens with one attached hydrogen (secondary N) is 1. The first-order chi connectivity index (χ1) is 9.06. The third-order valence-corrected chi connectivity index (χ3v) is 4.48. The van der Waals surface area contributed by atoms with Crippen LogP contribution in [0.5, 0.6) is 0 Å². The fourth-order valence-electron chi connectivity index (χ4n) is 2.44. The van der Waals surface area contributed by atoms with Crippen molar-refractivity contribution >= 4 is 28.8 Å². The molecule has 1 aromatic rings. The number of carbonyl (C=O) groups excluding carboxylic acids is 1. The quantitative estimate of drug-likeness (QED) is 0.905. The van der Waals surface area contributed by atoms with Crippen molar-refractivity contribution in [3.8, 4) is 0 Å². The molecule has 1 atom stereocenters. The number of hydrogen-bond acceptors (Lipinski definition) is 3. The summed E-state index contributed by atoms with van der Waals surface area (Å²) in [5.41, 5.74) is 0. The lowest BCUT2D eigenvalue weighted by Crippen LogP contribution is -2.42. The third kappa shape index (κ3) is 4.20. The van der Waals surface area contributed by atoms with Gasteiger partial charge in [-0.2, -0.15) is 0 Å². The van der Waals surface area contributed by atoms with E-state index < -0.39 is 0 Å². The van der Waals surface area contributed by atoms with Gasteiger partial charge in [-0.05, 0) is 37.4 Å². The number of halogens is 1. The lowest BCUT2D eigenvalue weighted by atomic mass is 10.1. The average Bonchev–Trinajstić information content (AvgIpc) is 2.98. The second-order valence-corrected chi connectivity index (χ2v) is 7.22. The van der Waals surface area contributed by atoms with Gasteiger partial charge in [-0.1, -0.05) is 25.4 Å². The highest BCUT2D eigenvalue weighted by Crippen LogP contribution is 2.23. The minimum Gasteiger partial charge on any atom is -0.336 e. The minimum absolute atomic E-state index is 0.110. The van der Waals surface area contributed by atoms with E-state index in [0.717, 1.165) is 30.9 Å². The smallest absolute Gasteiger partial charge is 0.264 e. The van der Waals surface area contributed by atoms with E-state index in [0.29, 0.717) is 16.3 Å². The van der Waals surface area contributed by atoms with E-state index in [1.807, 2.05) is 11.0 Å². The standard InChI is InChI=1S/C14H21ClN2OS/c1-10(2)8-17(9-11-4-3-7-16-11)14(18)12-5-6-13(15)19-12/h5-6,10-11,16H,3-4,7-9H2,1-2H3. The zero-order chi connectivity index (χ0) is 13.8. The normalized spacial score (nSPS) is 19.1. The molecular formula is C14H21ClN2OS. The molecule has 5 heteroatoms. The Morgan fingerprint density at radius 3 is 2.89 bits per heavy atom. The first-order valence-corrected chi connectivity index (χ1v) is 8.03. The average molecular weight is 301 g/mol. The van der Waals surface area contributed by atoms with E-state index in [2.05, 4.69) is 19.2 Å². The van der Waals surface area contributed by atoms with Crippen LogP contribution < -0.4 is 5.32 Å². The van der Waals surface area contributed by atoms with Gasteiger partial charge in [0.15, 0.2) is 0 Å². The number of nitrogens with zero attached hydrogens (tertiary/aromatic N) is 1. The van der Waals surface area contributed by atoms with Gasteiger partial charge in [-0.25, -0.2) is 0 Å². The van der Waals surface area contributed by atoms with Crippen LogP contribution in [-0.2, 0) is 0 Å². The molecule has 1 aliphatic rings. The van der Waals surface area contributed by atoms with Gasteiger partial charge in [0.25, 0.3) is 5.91 Å². The molecule has 0 bridgehead atoms. The second-order valence-electron chi connectivity index (χ2n) is 5.50. The summed E-state index contributed by atoms with van der Waals surface area (Å²) in [6, 6.07) is 4.06. The first kappa shape index (κ1) is 14.8. The summed E-state index contributed by atoms with van der Waals surface area (Å²) in [5.74, 6) is 0.583. The van der Waals surface area contributed by atoms with E-state index in [9.17, 15) is 4.79 Å². The SMILES string of the molecule is CC(C)CN(CC1CCCN1)C(=O)c1ccc(Cl)s1. The Labute approximate surface area is 123 Å². The van der Waals surface area contributed by atoms with Crippen LogP contribution >= 0.6 is 22.9 Å². The zero-order valence-corrected chi connectivity index (χ0v) is 13.1. The number of thiophene rings is 1. The lowest BCUT2D eigenvalue weighted by molar-refractivity contribution is 0.0726.